The Labute approximate surface area is 182 Å². The Hall–Kier alpha value is 0.160. The van der Waals surface area contributed by atoms with E-state index in [1.807, 2.05) is 8.01 Å². The van der Waals surface area contributed by atoms with E-state index in [4.69, 9.17) is 0 Å². The number of rotatable bonds is 3. The van der Waals surface area contributed by atoms with E-state index in [0.29, 0.717) is 22.2 Å². The van der Waals surface area contributed by atoms with Crippen LogP contribution in [-0.4, -0.2) is 60.3 Å². The fraction of sp³-hybridized carbons (Fsp3) is 0.889. The lowest BCUT2D eigenvalue weighted by Gasteiger charge is -2.59. The largest absolute Gasteiger partial charge is 0.393 e. The summed E-state index contributed by atoms with van der Waals surface area (Å²) >= 11 is 4.26. The molecule has 1 heterocycles. The van der Waals surface area contributed by atoms with Gasteiger partial charge in [0.05, 0.1) is 33.4 Å². The van der Waals surface area contributed by atoms with Crippen molar-refractivity contribution >= 4 is 57.4 Å². The van der Waals surface area contributed by atoms with Crippen LogP contribution in [0.4, 0.5) is 4.79 Å². The topological polar surface area (TPSA) is 72.9 Å². The van der Waals surface area contributed by atoms with Gasteiger partial charge in [-0.2, -0.15) is 0 Å². The van der Waals surface area contributed by atoms with E-state index in [1.165, 1.54) is 0 Å². The molecule has 5 rings (SSSR count). The predicted octanol–water partition coefficient (Wildman–Crippen LogP) is 2.71. The summed E-state index contributed by atoms with van der Waals surface area (Å²) in [6.07, 6.45) is 6.73. The van der Waals surface area contributed by atoms with Crippen LogP contribution in [0.1, 0.15) is 44.9 Å². The maximum absolute atomic E-state index is 12.9. The fourth-order valence-electron chi connectivity index (χ4n) is 6.02. The van der Waals surface area contributed by atoms with Crippen molar-refractivity contribution in [3.63, 3.8) is 0 Å². The molecule has 1 aliphatic heterocycles. The summed E-state index contributed by atoms with van der Waals surface area (Å²) < 4.78 is 2.35. The lowest BCUT2D eigenvalue weighted by atomic mass is 9.52. The van der Waals surface area contributed by atoms with Crippen molar-refractivity contribution in [1.82, 2.24) is 13.3 Å². The fourth-order valence-corrected chi connectivity index (χ4v) is 7.18. The molecule has 146 valence electrons. The number of urea groups is 1. The van der Waals surface area contributed by atoms with Gasteiger partial charge in [-0.15, -0.1) is 0 Å². The van der Waals surface area contributed by atoms with Gasteiger partial charge in [-0.1, -0.05) is 22.6 Å². The number of amides is 3. The molecular weight excluding hydrogens is 560 g/mol. The van der Waals surface area contributed by atoms with Crippen LogP contribution in [0.25, 0.3) is 0 Å². The van der Waals surface area contributed by atoms with Crippen molar-refractivity contribution in [2.75, 3.05) is 17.5 Å². The van der Waals surface area contributed by atoms with E-state index >= 15 is 0 Å². The zero-order valence-electron chi connectivity index (χ0n) is 14.9. The van der Waals surface area contributed by atoms with Gasteiger partial charge in [0.1, 0.15) is 0 Å². The molecule has 5 fully saturated rings. The van der Waals surface area contributed by atoms with Crippen LogP contribution in [0, 0.1) is 17.8 Å². The number of hydrogen-bond donors (Lipinski definition) is 2. The minimum absolute atomic E-state index is 0.0145. The molecule has 0 spiro atoms. The number of halogens is 2. The molecule has 0 aromatic carbocycles. The first kappa shape index (κ1) is 19.5. The molecular formula is C18H27I2N3O3. The van der Waals surface area contributed by atoms with Gasteiger partial charge in [0.15, 0.2) is 0 Å². The highest BCUT2D eigenvalue weighted by molar-refractivity contribution is 14.1. The maximum atomic E-state index is 12.9. The molecule has 4 aliphatic carbocycles. The molecule has 4 saturated carbocycles. The van der Waals surface area contributed by atoms with Crippen molar-refractivity contribution in [3.05, 3.63) is 0 Å². The normalized spacial score (nSPS) is 39.1. The van der Waals surface area contributed by atoms with Gasteiger partial charge in [0.2, 0.25) is 5.91 Å². The van der Waals surface area contributed by atoms with Gasteiger partial charge in [-0.3, -0.25) is 7.91 Å². The minimum atomic E-state index is -0.160. The average Bonchev–Trinajstić information content (AvgIpc) is 2.63. The van der Waals surface area contributed by atoms with Crippen molar-refractivity contribution in [2.45, 2.75) is 62.6 Å². The van der Waals surface area contributed by atoms with Crippen molar-refractivity contribution in [1.29, 1.82) is 0 Å². The standard InChI is InChI=1S/C18H27I2N3O3/c19-10-15(24)22-3-1-14(2-4-22)23(20)17(26)21-18-7-11-5-12(8-18)16(25)13(6-11)9-18/h11-14,16,25H,1-10H2,(H,21,26). The van der Waals surface area contributed by atoms with Crippen LogP contribution in [-0.2, 0) is 4.79 Å². The number of carbonyl (C=O) groups is 2. The second kappa shape index (κ2) is 7.53. The van der Waals surface area contributed by atoms with E-state index in [2.05, 4.69) is 50.8 Å². The Bertz CT molecular complexity index is 566. The van der Waals surface area contributed by atoms with Gasteiger partial charge >= 0.3 is 6.03 Å². The van der Waals surface area contributed by atoms with Crippen LogP contribution >= 0.6 is 45.5 Å². The molecule has 4 bridgehead atoms. The summed E-state index contributed by atoms with van der Waals surface area (Å²) in [7, 11) is 0. The molecule has 2 atom stereocenters. The number of piperidine rings is 1. The quantitative estimate of drug-likeness (QED) is 0.303. The Balaban J connectivity index is 1.35. The summed E-state index contributed by atoms with van der Waals surface area (Å²) in [6, 6.07) is 0.203. The summed E-state index contributed by atoms with van der Waals surface area (Å²) in [5.41, 5.74) is -0.103. The van der Waals surface area contributed by atoms with E-state index in [0.717, 1.165) is 58.0 Å². The number of aliphatic hydroxyl groups is 1. The van der Waals surface area contributed by atoms with Gasteiger partial charge in [0, 0.05) is 24.7 Å². The highest BCUT2D eigenvalue weighted by atomic mass is 127. The summed E-state index contributed by atoms with van der Waals surface area (Å²) in [6.45, 7) is 1.48. The number of nitrogens with one attached hydrogen (secondary N) is 1. The molecule has 8 heteroatoms. The Morgan fingerprint density at radius 2 is 1.77 bits per heavy atom. The summed E-state index contributed by atoms with van der Waals surface area (Å²) in [5.74, 6) is 1.60. The zero-order chi connectivity index (χ0) is 18.5. The van der Waals surface area contributed by atoms with E-state index < -0.39 is 0 Å². The zero-order valence-corrected chi connectivity index (χ0v) is 19.2. The van der Waals surface area contributed by atoms with Crippen LogP contribution < -0.4 is 5.32 Å². The first-order valence-electron chi connectivity index (χ1n) is 9.70. The molecule has 2 N–H and O–H groups in total. The van der Waals surface area contributed by atoms with Crippen molar-refractivity contribution in [2.24, 2.45) is 17.8 Å². The Morgan fingerprint density at radius 1 is 1.15 bits per heavy atom. The molecule has 6 nitrogen and oxygen atoms in total. The molecule has 3 amide bonds. The van der Waals surface area contributed by atoms with Crippen LogP contribution in [0.2, 0.25) is 0 Å². The molecule has 0 radical (unpaired) electrons. The second-order valence-corrected chi connectivity index (χ2v) is 10.5. The minimum Gasteiger partial charge on any atom is -0.393 e. The third-order valence-electron chi connectivity index (χ3n) is 7.04. The highest BCUT2D eigenvalue weighted by Gasteiger charge is 2.55. The van der Waals surface area contributed by atoms with Crippen LogP contribution in [0.5, 0.6) is 0 Å². The van der Waals surface area contributed by atoms with Gasteiger partial charge in [-0.05, 0) is 62.7 Å². The highest BCUT2D eigenvalue weighted by Crippen LogP contribution is 2.55. The molecule has 2 unspecified atom stereocenters. The van der Waals surface area contributed by atoms with Crippen LogP contribution in [0.3, 0.4) is 0 Å². The Kier molecular flexibility index (Phi) is 5.64. The third kappa shape index (κ3) is 3.58. The number of hydrogen-bond acceptors (Lipinski definition) is 3. The van der Waals surface area contributed by atoms with E-state index in [1.54, 1.807) is 0 Å². The number of aliphatic hydroxyl groups excluding tert-OH is 1. The summed E-state index contributed by atoms with van der Waals surface area (Å²) in [4.78, 5) is 26.7. The van der Waals surface area contributed by atoms with Crippen LogP contribution in [0.15, 0.2) is 0 Å². The molecule has 5 aliphatic rings. The maximum Gasteiger partial charge on any atom is 0.326 e. The number of likely N-dealkylation sites (tertiary alicyclic amines) is 1. The van der Waals surface area contributed by atoms with Crippen molar-refractivity contribution < 1.29 is 14.7 Å². The lowest BCUT2D eigenvalue weighted by Crippen LogP contribution is -2.65. The van der Waals surface area contributed by atoms with Gasteiger partial charge in [0.25, 0.3) is 0 Å². The van der Waals surface area contributed by atoms with Gasteiger partial charge < -0.3 is 15.3 Å². The molecule has 26 heavy (non-hydrogen) atoms. The third-order valence-corrected chi connectivity index (χ3v) is 8.92. The molecule has 0 aromatic rings. The molecule has 0 aromatic heterocycles. The second-order valence-electron chi connectivity index (χ2n) is 8.73. The Morgan fingerprint density at radius 3 is 2.35 bits per heavy atom. The van der Waals surface area contributed by atoms with Crippen molar-refractivity contribution in [3.8, 4) is 0 Å². The predicted molar refractivity (Wildman–Crippen MR) is 115 cm³/mol. The van der Waals surface area contributed by atoms with E-state index in [-0.39, 0.29) is 29.6 Å². The SMILES string of the molecule is O=C(CI)N1CCC(N(I)C(=O)NC23CC4CC(C2)C(O)C(C4)C3)CC1. The number of carbonyl (C=O) groups excluding carboxylic acids is 2. The van der Waals surface area contributed by atoms with E-state index in [9.17, 15) is 14.7 Å². The molecule has 1 saturated heterocycles. The number of alkyl halides is 1. The summed E-state index contributed by atoms with van der Waals surface area (Å²) in [5, 5.41) is 13.8. The average molecular weight is 587 g/mol. The first-order valence-corrected chi connectivity index (χ1v) is 12.2. The first-order chi connectivity index (χ1) is 12.4. The lowest BCUT2D eigenvalue weighted by molar-refractivity contribution is -0.129. The van der Waals surface area contributed by atoms with Gasteiger partial charge in [-0.25, -0.2) is 4.79 Å². The monoisotopic (exact) mass is 587 g/mol. The number of nitrogens with zero attached hydrogens (tertiary/aromatic N) is 2. The smallest absolute Gasteiger partial charge is 0.326 e.